The van der Waals surface area contributed by atoms with E-state index in [0.29, 0.717) is 6.54 Å². The Hall–Kier alpha value is -0.910. The van der Waals surface area contributed by atoms with Crippen molar-refractivity contribution < 1.29 is 9.53 Å². The zero-order valence-electron chi connectivity index (χ0n) is 9.07. The van der Waals surface area contributed by atoms with Gasteiger partial charge in [-0.25, -0.2) is 0 Å². The predicted octanol–water partition coefficient (Wildman–Crippen LogP) is 1.04. The molecule has 1 unspecified atom stereocenters. The number of ether oxygens (including phenoxy) is 1. The van der Waals surface area contributed by atoms with E-state index in [4.69, 9.17) is 10.5 Å². The van der Waals surface area contributed by atoms with Crippen molar-refractivity contribution in [2.24, 2.45) is 5.73 Å². The maximum Gasteiger partial charge on any atom is 0.239 e. The van der Waals surface area contributed by atoms with Crippen molar-refractivity contribution in [1.29, 1.82) is 0 Å². The van der Waals surface area contributed by atoms with Crippen molar-refractivity contribution in [3.05, 3.63) is 34.3 Å². The van der Waals surface area contributed by atoms with E-state index in [1.165, 1.54) is 7.11 Å². The SMILES string of the molecule is COCC(N)C(=O)NCc1cccc(Br)c1. The van der Waals surface area contributed by atoms with Gasteiger partial charge >= 0.3 is 0 Å². The molecule has 0 aromatic heterocycles. The van der Waals surface area contributed by atoms with E-state index >= 15 is 0 Å². The summed E-state index contributed by atoms with van der Waals surface area (Å²) in [6.07, 6.45) is 0. The Morgan fingerprint density at radius 3 is 3.00 bits per heavy atom. The van der Waals surface area contributed by atoms with E-state index in [1.807, 2.05) is 24.3 Å². The molecule has 4 nitrogen and oxygen atoms in total. The number of benzene rings is 1. The minimum Gasteiger partial charge on any atom is -0.383 e. The monoisotopic (exact) mass is 286 g/mol. The summed E-state index contributed by atoms with van der Waals surface area (Å²) in [5.41, 5.74) is 6.60. The summed E-state index contributed by atoms with van der Waals surface area (Å²) in [5.74, 6) is -0.207. The predicted molar refractivity (Wildman–Crippen MR) is 65.8 cm³/mol. The van der Waals surface area contributed by atoms with Crippen LogP contribution in [0.3, 0.4) is 0 Å². The topological polar surface area (TPSA) is 64.3 Å². The number of hydrogen-bond acceptors (Lipinski definition) is 3. The van der Waals surface area contributed by atoms with Crippen LogP contribution in [0.4, 0.5) is 0 Å². The number of carbonyl (C=O) groups excluding carboxylic acids is 1. The molecule has 3 N–H and O–H groups in total. The fraction of sp³-hybridized carbons (Fsp3) is 0.364. The number of carbonyl (C=O) groups is 1. The Labute approximate surface area is 103 Å². The molecule has 1 rings (SSSR count). The van der Waals surface area contributed by atoms with Crippen LogP contribution in [-0.2, 0) is 16.1 Å². The maximum atomic E-state index is 11.5. The molecule has 16 heavy (non-hydrogen) atoms. The van der Waals surface area contributed by atoms with Crippen molar-refractivity contribution in [3.8, 4) is 0 Å². The molecule has 0 fully saturated rings. The van der Waals surface area contributed by atoms with Crippen LogP contribution in [0.1, 0.15) is 5.56 Å². The lowest BCUT2D eigenvalue weighted by atomic mass is 10.2. The summed E-state index contributed by atoms with van der Waals surface area (Å²) in [6, 6.07) is 7.12. The zero-order chi connectivity index (χ0) is 12.0. The standard InChI is InChI=1S/C11H15BrN2O2/c1-16-7-10(13)11(15)14-6-8-3-2-4-9(12)5-8/h2-5,10H,6-7,13H2,1H3,(H,14,15). The number of methoxy groups -OCH3 is 1. The highest BCUT2D eigenvalue weighted by Crippen LogP contribution is 2.11. The van der Waals surface area contributed by atoms with E-state index in [9.17, 15) is 4.79 Å². The summed E-state index contributed by atoms with van der Waals surface area (Å²) >= 11 is 3.37. The minimum atomic E-state index is -0.614. The Morgan fingerprint density at radius 2 is 2.38 bits per heavy atom. The van der Waals surface area contributed by atoms with Gasteiger partial charge in [0, 0.05) is 18.1 Å². The van der Waals surface area contributed by atoms with Crippen LogP contribution in [-0.4, -0.2) is 25.7 Å². The molecule has 0 aliphatic rings. The minimum absolute atomic E-state index is 0.207. The van der Waals surface area contributed by atoms with E-state index in [2.05, 4.69) is 21.2 Å². The van der Waals surface area contributed by atoms with Crippen molar-refractivity contribution in [2.75, 3.05) is 13.7 Å². The fourth-order valence-corrected chi connectivity index (χ4v) is 1.67. The van der Waals surface area contributed by atoms with Crippen molar-refractivity contribution in [1.82, 2.24) is 5.32 Å². The molecule has 0 saturated heterocycles. The van der Waals surface area contributed by atoms with Gasteiger partial charge in [-0.2, -0.15) is 0 Å². The number of rotatable bonds is 5. The number of hydrogen-bond donors (Lipinski definition) is 2. The van der Waals surface area contributed by atoms with Crippen molar-refractivity contribution >= 4 is 21.8 Å². The van der Waals surface area contributed by atoms with Crippen molar-refractivity contribution in [3.63, 3.8) is 0 Å². The summed E-state index contributed by atoms with van der Waals surface area (Å²) in [4.78, 5) is 11.5. The first-order chi connectivity index (χ1) is 7.63. The first-order valence-corrected chi connectivity index (χ1v) is 5.69. The highest BCUT2D eigenvalue weighted by molar-refractivity contribution is 9.10. The van der Waals surface area contributed by atoms with Gasteiger partial charge < -0.3 is 15.8 Å². The molecule has 88 valence electrons. The molecule has 5 heteroatoms. The molecule has 0 heterocycles. The Bertz CT molecular complexity index is 358. The molecule has 0 spiro atoms. The maximum absolute atomic E-state index is 11.5. The lowest BCUT2D eigenvalue weighted by molar-refractivity contribution is -0.123. The van der Waals surface area contributed by atoms with Gasteiger partial charge in [-0.05, 0) is 17.7 Å². The summed E-state index contributed by atoms with van der Waals surface area (Å²) in [5, 5.41) is 2.75. The molecule has 1 aromatic carbocycles. The van der Waals surface area contributed by atoms with E-state index in [1.54, 1.807) is 0 Å². The summed E-state index contributed by atoms with van der Waals surface area (Å²) in [6.45, 7) is 0.694. The van der Waals surface area contributed by atoms with Crippen LogP contribution >= 0.6 is 15.9 Å². The number of amides is 1. The Morgan fingerprint density at radius 1 is 1.62 bits per heavy atom. The largest absolute Gasteiger partial charge is 0.383 e. The molecule has 1 amide bonds. The van der Waals surface area contributed by atoms with Gasteiger partial charge in [-0.1, -0.05) is 28.1 Å². The third-order valence-corrected chi connectivity index (χ3v) is 2.53. The molecular weight excluding hydrogens is 272 g/mol. The third-order valence-electron chi connectivity index (χ3n) is 2.04. The molecule has 0 aliphatic carbocycles. The average Bonchev–Trinajstić information content (AvgIpc) is 2.26. The molecule has 0 aliphatic heterocycles. The summed E-state index contributed by atoms with van der Waals surface area (Å²) in [7, 11) is 1.52. The normalized spacial score (nSPS) is 12.2. The average molecular weight is 287 g/mol. The quantitative estimate of drug-likeness (QED) is 0.850. The van der Waals surface area contributed by atoms with E-state index in [0.717, 1.165) is 10.0 Å². The number of nitrogens with one attached hydrogen (secondary N) is 1. The molecule has 0 saturated carbocycles. The molecule has 0 radical (unpaired) electrons. The highest BCUT2D eigenvalue weighted by Gasteiger charge is 2.11. The Kier molecular flexibility index (Phi) is 5.45. The second-order valence-corrected chi connectivity index (χ2v) is 4.33. The lowest BCUT2D eigenvalue weighted by Gasteiger charge is -2.11. The molecular formula is C11H15BrN2O2. The highest BCUT2D eigenvalue weighted by atomic mass is 79.9. The van der Waals surface area contributed by atoms with Gasteiger partial charge in [0.05, 0.1) is 6.61 Å². The second kappa shape index (κ2) is 6.62. The van der Waals surface area contributed by atoms with Crippen LogP contribution in [0.15, 0.2) is 28.7 Å². The summed E-state index contributed by atoms with van der Waals surface area (Å²) < 4.78 is 5.79. The smallest absolute Gasteiger partial charge is 0.239 e. The van der Waals surface area contributed by atoms with Crippen LogP contribution < -0.4 is 11.1 Å². The fourth-order valence-electron chi connectivity index (χ4n) is 1.22. The van der Waals surface area contributed by atoms with Crippen LogP contribution in [0.5, 0.6) is 0 Å². The molecule has 1 aromatic rings. The van der Waals surface area contributed by atoms with E-state index in [-0.39, 0.29) is 12.5 Å². The molecule has 0 bridgehead atoms. The lowest BCUT2D eigenvalue weighted by Crippen LogP contribution is -2.43. The van der Waals surface area contributed by atoms with Gasteiger partial charge in [0.15, 0.2) is 0 Å². The number of nitrogens with two attached hydrogens (primary N) is 1. The van der Waals surface area contributed by atoms with Crippen LogP contribution in [0.25, 0.3) is 0 Å². The van der Waals surface area contributed by atoms with Crippen LogP contribution in [0, 0.1) is 0 Å². The van der Waals surface area contributed by atoms with E-state index < -0.39 is 6.04 Å². The van der Waals surface area contributed by atoms with Gasteiger partial charge in [-0.15, -0.1) is 0 Å². The molecule has 1 atom stereocenters. The van der Waals surface area contributed by atoms with Gasteiger partial charge in [0.25, 0.3) is 0 Å². The number of halogens is 1. The first-order valence-electron chi connectivity index (χ1n) is 4.90. The zero-order valence-corrected chi connectivity index (χ0v) is 10.7. The van der Waals surface area contributed by atoms with Gasteiger partial charge in [0.1, 0.15) is 6.04 Å². The third kappa shape index (κ3) is 4.30. The van der Waals surface area contributed by atoms with Gasteiger partial charge in [0.2, 0.25) is 5.91 Å². The second-order valence-electron chi connectivity index (χ2n) is 3.41. The Balaban J connectivity index is 2.42. The van der Waals surface area contributed by atoms with Gasteiger partial charge in [-0.3, -0.25) is 4.79 Å². The van der Waals surface area contributed by atoms with Crippen LogP contribution in [0.2, 0.25) is 0 Å². The first kappa shape index (κ1) is 13.2. The van der Waals surface area contributed by atoms with Crippen molar-refractivity contribution in [2.45, 2.75) is 12.6 Å².